The van der Waals surface area contributed by atoms with Gasteiger partial charge in [0.1, 0.15) is 11.5 Å². The van der Waals surface area contributed by atoms with Gasteiger partial charge in [-0.05, 0) is 36.8 Å². The van der Waals surface area contributed by atoms with Crippen molar-refractivity contribution in [3.05, 3.63) is 60.2 Å². The average Bonchev–Trinajstić information content (AvgIpc) is 2.60. The van der Waals surface area contributed by atoms with E-state index in [0.717, 1.165) is 23.0 Å². The molecule has 5 nitrogen and oxygen atoms in total. The molecular formula is C19H26IN3O2. The van der Waals surface area contributed by atoms with E-state index in [1.165, 1.54) is 0 Å². The molecule has 0 heterocycles. The summed E-state index contributed by atoms with van der Waals surface area (Å²) >= 11 is 0. The van der Waals surface area contributed by atoms with E-state index in [2.05, 4.69) is 21.7 Å². The molecule has 0 bridgehead atoms. The van der Waals surface area contributed by atoms with Crippen LogP contribution in [0.15, 0.2) is 59.6 Å². The first-order chi connectivity index (χ1) is 11.7. The van der Waals surface area contributed by atoms with Crippen LogP contribution in [-0.2, 0) is 11.3 Å². The lowest BCUT2D eigenvalue weighted by Crippen LogP contribution is -2.43. The molecule has 2 N–H and O–H groups in total. The first-order valence-electron chi connectivity index (χ1n) is 7.99. The Morgan fingerprint density at radius 3 is 2.48 bits per heavy atom. The number of aliphatic imine (C=N–C) groups is 1. The normalized spacial score (nSPS) is 12.0. The maximum Gasteiger partial charge on any atom is 0.191 e. The Hall–Kier alpha value is -1.80. The number of ether oxygens (including phenoxy) is 2. The van der Waals surface area contributed by atoms with Crippen LogP contribution >= 0.6 is 24.0 Å². The van der Waals surface area contributed by atoms with Crippen LogP contribution in [0.3, 0.4) is 0 Å². The lowest BCUT2D eigenvalue weighted by Gasteiger charge is -2.17. The SMILES string of the molecule is CN=C(NCc1cccc(Oc2ccccc2)c1)NC(C)COC.I. The number of rotatable bonds is 7. The Balaban J connectivity index is 0.00000312. The topological polar surface area (TPSA) is 54.9 Å². The highest BCUT2D eigenvalue weighted by Crippen LogP contribution is 2.21. The lowest BCUT2D eigenvalue weighted by molar-refractivity contribution is 0.179. The fourth-order valence-corrected chi connectivity index (χ4v) is 2.25. The van der Waals surface area contributed by atoms with Gasteiger partial charge in [-0.25, -0.2) is 0 Å². The molecule has 2 rings (SSSR count). The van der Waals surface area contributed by atoms with E-state index in [4.69, 9.17) is 9.47 Å². The second kappa shape index (κ2) is 11.7. The molecule has 0 fully saturated rings. The summed E-state index contributed by atoms with van der Waals surface area (Å²) in [7, 11) is 3.44. The van der Waals surface area contributed by atoms with Crippen molar-refractivity contribution in [2.24, 2.45) is 4.99 Å². The van der Waals surface area contributed by atoms with Crippen molar-refractivity contribution in [1.82, 2.24) is 10.6 Å². The van der Waals surface area contributed by atoms with E-state index in [1.807, 2.05) is 55.5 Å². The fourth-order valence-electron chi connectivity index (χ4n) is 2.25. The van der Waals surface area contributed by atoms with E-state index in [1.54, 1.807) is 14.2 Å². The maximum absolute atomic E-state index is 5.86. The Morgan fingerprint density at radius 1 is 1.08 bits per heavy atom. The predicted octanol–water partition coefficient (Wildman–Crippen LogP) is 3.80. The van der Waals surface area contributed by atoms with Gasteiger partial charge in [-0.2, -0.15) is 0 Å². The third-order valence-electron chi connectivity index (χ3n) is 3.36. The molecule has 6 heteroatoms. The number of nitrogens with one attached hydrogen (secondary N) is 2. The molecule has 1 atom stereocenters. The van der Waals surface area contributed by atoms with Crippen LogP contribution in [0.25, 0.3) is 0 Å². The number of guanidine groups is 1. The van der Waals surface area contributed by atoms with E-state index in [0.29, 0.717) is 13.2 Å². The molecule has 2 aromatic carbocycles. The zero-order valence-electron chi connectivity index (χ0n) is 14.9. The number of methoxy groups -OCH3 is 1. The van der Waals surface area contributed by atoms with Crippen LogP contribution in [0.5, 0.6) is 11.5 Å². The lowest BCUT2D eigenvalue weighted by atomic mass is 10.2. The minimum absolute atomic E-state index is 0. The van der Waals surface area contributed by atoms with E-state index < -0.39 is 0 Å². The summed E-state index contributed by atoms with van der Waals surface area (Å²) in [5, 5.41) is 6.57. The number of hydrogen-bond donors (Lipinski definition) is 2. The second-order valence-corrected chi connectivity index (χ2v) is 5.49. The molecule has 25 heavy (non-hydrogen) atoms. The van der Waals surface area contributed by atoms with Crippen molar-refractivity contribution in [3.8, 4) is 11.5 Å². The number of hydrogen-bond acceptors (Lipinski definition) is 3. The molecule has 0 aliphatic rings. The van der Waals surface area contributed by atoms with Gasteiger partial charge in [-0.15, -0.1) is 24.0 Å². The first-order valence-corrected chi connectivity index (χ1v) is 7.99. The van der Waals surface area contributed by atoms with Gasteiger partial charge in [0, 0.05) is 26.7 Å². The maximum atomic E-state index is 5.86. The molecule has 0 radical (unpaired) electrons. The molecule has 0 aliphatic heterocycles. The van der Waals surface area contributed by atoms with Crippen molar-refractivity contribution in [2.75, 3.05) is 20.8 Å². The summed E-state index contributed by atoms with van der Waals surface area (Å²) in [6.45, 7) is 3.33. The Morgan fingerprint density at radius 2 is 1.80 bits per heavy atom. The molecule has 0 aromatic heterocycles. The van der Waals surface area contributed by atoms with Crippen molar-refractivity contribution >= 4 is 29.9 Å². The van der Waals surface area contributed by atoms with Crippen molar-refractivity contribution in [1.29, 1.82) is 0 Å². The van der Waals surface area contributed by atoms with Gasteiger partial charge in [0.25, 0.3) is 0 Å². The monoisotopic (exact) mass is 455 g/mol. The standard InChI is InChI=1S/C19H25N3O2.HI/c1-15(14-23-3)22-19(20-2)21-13-16-8-7-11-18(12-16)24-17-9-5-4-6-10-17;/h4-12,15H,13-14H2,1-3H3,(H2,20,21,22);1H. The summed E-state index contributed by atoms with van der Waals surface area (Å²) in [4.78, 5) is 4.22. The highest BCUT2D eigenvalue weighted by Gasteiger charge is 2.05. The van der Waals surface area contributed by atoms with E-state index in [9.17, 15) is 0 Å². The van der Waals surface area contributed by atoms with Crippen LogP contribution in [0, 0.1) is 0 Å². The van der Waals surface area contributed by atoms with E-state index >= 15 is 0 Å². The number of halogens is 1. The highest BCUT2D eigenvalue weighted by atomic mass is 127. The van der Waals surface area contributed by atoms with Gasteiger partial charge in [-0.1, -0.05) is 30.3 Å². The third kappa shape index (κ3) is 7.74. The van der Waals surface area contributed by atoms with Crippen LogP contribution in [0.2, 0.25) is 0 Å². The Labute approximate surface area is 166 Å². The molecular weight excluding hydrogens is 429 g/mol. The summed E-state index contributed by atoms with van der Waals surface area (Å²) < 4.78 is 11.0. The predicted molar refractivity (Wildman–Crippen MR) is 113 cm³/mol. The smallest absolute Gasteiger partial charge is 0.191 e. The minimum Gasteiger partial charge on any atom is -0.457 e. The zero-order valence-corrected chi connectivity index (χ0v) is 17.2. The molecule has 0 aliphatic carbocycles. The summed E-state index contributed by atoms with van der Waals surface area (Å²) in [5.74, 6) is 2.39. The van der Waals surface area contributed by atoms with Crippen molar-refractivity contribution in [3.63, 3.8) is 0 Å². The quantitative estimate of drug-likeness (QED) is 0.379. The number of nitrogens with zero attached hydrogens (tertiary/aromatic N) is 1. The third-order valence-corrected chi connectivity index (χ3v) is 3.36. The number of benzene rings is 2. The van der Waals surface area contributed by atoms with Gasteiger partial charge < -0.3 is 20.1 Å². The summed E-state index contributed by atoms with van der Waals surface area (Å²) in [6.07, 6.45) is 0. The van der Waals surface area contributed by atoms with Crippen LogP contribution in [0.4, 0.5) is 0 Å². The largest absolute Gasteiger partial charge is 0.457 e. The van der Waals surface area contributed by atoms with Gasteiger partial charge in [-0.3, -0.25) is 4.99 Å². The Kier molecular flexibility index (Phi) is 9.94. The van der Waals surface area contributed by atoms with Gasteiger partial charge in [0.15, 0.2) is 5.96 Å². The van der Waals surface area contributed by atoms with Gasteiger partial charge >= 0.3 is 0 Å². The van der Waals surface area contributed by atoms with E-state index in [-0.39, 0.29) is 30.0 Å². The first kappa shape index (κ1) is 21.2. The molecule has 0 saturated heterocycles. The minimum atomic E-state index is 0. The average molecular weight is 455 g/mol. The molecule has 0 amide bonds. The van der Waals surface area contributed by atoms with Gasteiger partial charge in [0.05, 0.1) is 6.61 Å². The molecule has 0 spiro atoms. The molecule has 136 valence electrons. The Bertz CT molecular complexity index is 650. The molecule has 1 unspecified atom stereocenters. The summed E-state index contributed by atoms with van der Waals surface area (Å²) in [5.41, 5.74) is 1.12. The van der Waals surface area contributed by atoms with Crippen LogP contribution < -0.4 is 15.4 Å². The van der Waals surface area contributed by atoms with Crippen LogP contribution in [-0.4, -0.2) is 32.8 Å². The zero-order chi connectivity index (χ0) is 17.2. The molecule has 0 saturated carbocycles. The highest BCUT2D eigenvalue weighted by molar-refractivity contribution is 14.0. The summed E-state index contributed by atoms with van der Waals surface area (Å²) in [6, 6.07) is 18.0. The molecule has 2 aromatic rings. The van der Waals surface area contributed by atoms with Crippen molar-refractivity contribution in [2.45, 2.75) is 19.5 Å². The van der Waals surface area contributed by atoms with Gasteiger partial charge in [0.2, 0.25) is 0 Å². The van der Waals surface area contributed by atoms with Crippen LogP contribution in [0.1, 0.15) is 12.5 Å². The second-order valence-electron chi connectivity index (χ2n) is 5.49. The fraction of sp³-hybridized carbons (Fsp3) is 0.316. The van der Waals surface area contributed by atoms with Crippen molar-refractivity contribution < 1.29 is 9.47 Å². The number of para-hydroxylation sites is 1.